The molecule has 0 amide bonds. The van der Waals surface area contributed by atoms with E-state index >= 15 is 0 Å². The molecule has 1 aliphatic rings. The Labute approximate surface area is 150 Å². The van der Waals surface area contributed by atoms with Crippen LogP contribution >= 0.6 is 12.4 Å². The Morgan fingerprint density at radius 1 is 1.12 bits per heavy atom. The molecule has 0 aliphatic heterocycles. The molecule has 1 aromatic carbocycles. The van der Waals surface area contributed by atoms with Crippen molar-refractivity contribution in [1.82, 2.24) is 14.7 Å². The summed E-state index contributed by atoms with van der Waals surface area (Å²) in [4.78, 5) is 27.6. The molecule has 1 aliphatic carbocycles. The third-order valence-electron chi connectivity index (χ3n) is 4.48. The summed E-state index contributed by atoms with van der Waals surface area (Å²) in [6.07, 6.45) is 4.69. The highest BCUT2D eigenvalue weighted by atomic mass is 35.5. The number of H-pyrrole nitrogens is 2. The molecule has 0 saturated heterocycles. The number of hydrogen-bond donors (Lipinski definition) is 4. The van der Waals surface area contributed by atoms with Gasteiger partial charge in [0.05, 0.1) is 15.8 Å². The summed E-state index contributed by atoms with van der Waals surface area (Å²) in [5, 5.41) is 0.109. The SMILES string of the molecule is Cl.NC1(CNS(=O)(=O)c2ccc3[nH]c(=O)[nH]c(=O)c3c2)CCCCC1. The summed E-state index contributed by atoms with van der Waals surface area (Å²) < 4.78 is 27.5. The second-order valence-electron chi connectivity index (χ2n) is 6.36. The Balaban J connectivity index is 0.00000225. The smallest absolute Gasteiger partial charge is 0.324 e. The zero-order valence-corrected chi connectivity index (χ0v) is 15.1. The number of halogens is 1. The lowest BCUT2D eigenvalue weighted by atomic mass is 9.83. The number of nitrogens with one attached hydrogen (secondary N) is 3. The van der Waals surface area contributed by atoms with Crippen molar-refractivity contribution in [3.63, 3.8) is 0 Å². The molecule has 0 atom stereocenters. The molecule has 2 aromatic rings. The standard InChI is InChI=1S/C15H20N4O4S.ClH/c16-15(6-2-1-3-7-15)9-17-24(22,23)10-4-5-12-11(8-10)13(20)19-14(21)18-12;/h4-5,8,17H,1-3,6-7,9,16H2,(H2,18,19,20,21);1H. The zero-order valence-electron chi connectivity index (χ0n) is 13.5. The molecule has 0 unspecified atom stereocenters. The van der Waals surface area contributed by atoms with E-state index in [0.717, 1.165) is 32.1 Å². The van der Waals surface area contributed by atoms with Gasteiger partial charge in [0.25, 0.3) is 5.56 Å². The van der Waals surface area contributed by atoms with E-state index in [2.05, 4.69) is 14.7 Å². The van der Waals surface area contributed by atoms with Gasteiger partial charge < -0.3 is 10.7 Å². The number of rotatable bonds is 4. The van der Waals surface area contributed by atoms with Gasteiger partial charge in [-0.05, 0) is 31.0 Å². The highest BCUT2D eigenvalue weighted by Gasteiger charge is 2.29. The molecule has 10 heteroatoms. The summed E-state index contributed by atoms with van der Waals surface area (Å²) in [6.45, 7) is 0.162. The highest BCUT2D eigenvalue weighted by molar-refractivity contribution is 7.89. The van der Waals surface area contributed by atoms with Crippen LogP contribution in [0.25, 0.3) is 10.9 Å². The largest absolute Gasteiger partial charge is 0.326 e. The van der Waals surface area contributed by atoms with E-state index in [1.165, 1.54) is 18.2 Å². The number of aromatic amines is 2. The van der Waals surface area contributed by atoms with E-state index in [0.29, 0.717) is 0 Å². The first kappa shape index (κ1) is 19.6. The minimum Gasteiger partial charge on any atom is -0.324 e. The predicted octanol–water partition coefficient (Wildman–Crippen LogP) is 0.578. The first-order valence-electron chi connectivity index (χ1n) is 7.84. The molecule has 5 N–H and O–H groups in total. The van der Waals surface area contributed by atoms with Crippen LogP contribution in [0.15, 0.2) is 32.7 Å². The maximum absolute atomic E-state index is 12.5. The van der Waals surface area contributed by atoms with Gasteiger partial charge in [-0.2, -0.15) is 0 Å². The average Bonchev–Trinajstić information content (AvgIpc) is 2.53. The molecular formula is C15H21ClN4O4S. The van der Waals surface area contributed by atoms with Crippen molar-refractivity contribution < 1.29 is 8.42 Å². The first-order valence-corrected chi connectivity index (χ1v) is 9.32. The summed E-state index contributed by atoms with van der Waals surface area (Å²) in [5.74, 6) is 0. The molecule has 0 spiro atoms. The molecule has 3 rings (SSSR count). The summed E-state index contributed by atoms with van der Waals surface area (Å²) in [5.41, 5.74) is 4.75. The van der Waals surface area contributed by atoms with Crippen molar-refractivity contribution in [3.05, 3.63) is 39.0 Å². The van der Waals surface area contributed by atoms with E-state index < -0.39 is 26.8 Å². The Morgan fingerprint density at radius 3 is 2.48 bits per heavy atom. The Kier molecular flexibility index (Phi) is 5.72. The van der Waals surface area contributed by atoms with Crippen molar-refractivity contribution in [2.75, 3.05) is 6.54 Å². The van der Waals surface area contributed by atoms with Gasteiger partial charge in [-0.3, -0.25) is 9.78 Å². The third-order valence-corrected chi connectivity index (χ3v) is 5.88. The minimum atomic E-state index is -3.79. The fourth-order valence-electron chi connectivity index (χ4n) is 3.07. The lowest BCUT2D eigenvalue weighted by Gasteiger charge is -2.33. The highest BCUT2D eigenvalue weighted by Crippen LogP contribution is 2.25. The quantitative estimate of drug-likeness (QED) is 0.606. The zero-order chi connectivity index (χ0) is 17.4. The van der Waals surface area contributed by atoms with Crippen molar-refractivity contribution in [3.8, 4) is 0 Å². The summed E-state index contributed by atoms with van der Waals surface area (Å²) in [7, 11) is -3.79. The van der Waals surface area contributed by atoms with E-state index in [4.69, 9.17) is 5.73 Å². The van der Waals surface area contributed by atoms with Gasteiger partial charge in [0, 0.05) is 12.1 Å². The van der Waals surface area contributed by atoms with E-state index in [9.17, 15) is 18.0 Å². The Bertz CT molecular complexity index is 977. The number of aromatic nitrogens is 2. The normalized spacial score (nSPS) is 17.2. The first-order chi connectivity index (χ1) is 11.3. The van der Waals surface area contributed by atoms with Crippen LogP contribution in [0.2, 0.25) is 0 Å². The lowest BCUT2D eigenvalue weighted by Crippen LogP contribution is -2.51. The van der Waals surface area contributed by atoms with Crippen LogP contribution in [-0.4, -0.2) is 30.5 Å². The second-order valence-corrected chi connectivity index (χ2v) is 8.13. The molecule has 25 heavy (non-hydrogen) atoms. The summed E-state index contributed by atoms with van der Waals surface area (Å²) in [6, 6.07) is 4.00. The van der Waals surface area contributed by atoms with E-state index in [1.807, 2.05) is 0 Å². The number of sulfonamides is 1. The molecular weight excluding hydrogens is 368 g/mol. The molecule has 1 aromatic heterocycles. The van der Waals surface area contributed by atoms with Gasteiger partial charge in [0.15, 0.2) is 0 Å². The van der Waals surface area contributed by atoms with Crippen LogP contribution in [-0.2, 0) is 10.0 Å². The van der Waals surface area contributed by atoms with Crippen LogP contribution in [0.4, 0.5) is 0 Å². The molecule has 138 valence electrons. The maximum Gasteiger partial charge on any atom is 0.326 e. The minimum absolute atomic E-state index is 0. The maximum atomic E-state index is 12.5. The van der Waals surface area contributed by atoms with Crippen LogP contribution in [0.1, 0.15) is 32.1 Å². The van der Waals surface area contributed by atoms with Crippen molar-refractivity contribution in [2.45, 2.75) is 42.5 Å². The number of benzene rings is 1. The molecule has 8 nitrogen and oxygen atoms in total. The molecule has 1 fully saturated rings. The third kappa shape index (κ3) is 4.30. The van der Waals surface area contributed by atoms with Gasteiger partial charge >= 0.3 is 5.69 Å². The summed E-state index contributed by atoms with van der Waals surface area (Å²) >= 11 is 0. The Morgan fingerprint density at radius 2 is 1.80 bits per heavy atom. The van der Waals surface area contributed by atoms with Crippen LogP contribution in [0.3, 0.4) is 0 Å². The van der Waals surface area contributed by atoms with Crippen LogP contribution in [0, 0.1) is 0 Å². The fraction of sp³-hybridized carbons (Fsp3) is 0.467. The van der Waals surface area contributed by atoms with Crippen molar-refractivity contribution in [1.29, 1.82) is 0 Å². The number of fused-ring (bicyclic) bond motifs is 1. The van der Waals surface area contributed by atoms with Crippen LogP contribution in [0.5, 0.6) is 0 Å². The van der Waals surface area contributed by atoms with Gasteiger partial charge in [-0.1, -0.05) is 19.3 Å². The van der Waals surface area contributed by atoms with Crippen molar-refractivity contribution >= 4 is 33.3 Å². The van der Waals surface area contributed by atoms with Crippen LogP contribution < -0.4 is 21.7 Å². The Hall–Kier alpha value is -1.68. The van der Waals surface area contributed by atoms with Gasteiger partial charge in [0.1, 0.15) is 0 Å². The second kappa shape index (κ2) is 7.28. The topological polar surface area (TPSA) is 138 Å². The monoisotopic (exact) mass is 388 g/mol. The molecule has 0 radical (unpaired) electrons. The van der Waals surface area contributed by atoms with Gasteiger partial charge in [-0.15, -0.1) is 12.4 Å². The lowest BCUT2D eigenvalue weighted by molar-refractivity contribution is 0.296. The molecule has 1 saturated carbocycles. The van der Waals surface area contributed by atoms with Gasteiger partial charge in [-0.25, -0.2) is 17.9 Å². The molecule has 1 heterocycles. The van der Waals surface area contributed by atoms with Gasteiger partial charge in [0.2, 0.25) is 10.0 Å². The number of hydrogen-bond acceptors (Lipinski definition) is 5. The van der Waals surface area contributed by atoms with E-state index in [1.54, 1.807) is 0 Å². The fourth-order valence-corrected chi connectivity index (χ4v) is 4.23. The average molecular weight is 389 g/mol. The predicted molar refractivity (Wildman–Crippen MR) is 97.6 cm³/mol. The number of nitrogens with two attached hydrogens (primary N) is 1. The van der Waals surface area contributed by atoms with Crippen molar-refractivity contribution in [2.24, 2.45) is 5.73 Å². The van der Waals surface area contributed by atoms with E-state index in [-0.39, 0.29) is 34.8 Å². The molecule has 0 bridgehead atoms.